The van der Waals surface area contributed by atoms with Crippen molar-refractivity contribution in [2.75, 3.05) is 0 Å². The summed E-state index contributed by atoms with van der Waals surface area (Å²) in [4.78, 5) is 0. The molecule has 1 heterocycles. The molecule has 0 saturated heterocycles. The van der Waals surface area contributed by atoms with Crippen molar-refractivity contribution in [2.24, 2.45) is 12.8 Å². The summed E-state index contributed by atoms with van der Waals surface area (Å²) in [6.45, 7) is 2.03. The highest BCUT2D eigenvalue weighted by molar-refractivity contribution is 5.22. The van der Waals surface area contributed by atoms with E-state index in [-0.39, 0.29) is 6.04 Å². The van der Waals surface area contributed by atoms with Crippen LogP contribution in [0.15, 0.2) is 17.7 Å². The van der Waals surface area contributed by atoms with Gasteiger partial charge in [0, 0.05) is 25.2 Å². The van der Waals surface area contributed by atoms with Gasteiger partial charge < -0.3 is 5.73 Å². The molecule has 14 heavy (non-hydrogen) atoms. The van der Waals surface area contributed by atoms with E-state index >= 15 is 0 Å². The zero-order valence-electron chi connectivity index (χ0n) is 8.83. The molecule has 1 aromatic rings. The SMILES string of the molecule is Cc1cc(CC2=CC(N)CC2)n(C)n1. The fourth-order valence-electron chi connectivity index (χ4n) is 2.03. The minimum absolute atomic E-state index is 0.277. The average Bonchev–Trinajstić information content (AvgIpc) is 2.61. The van der Waals surface area contributed by atoms with Gasteiger partial charge in [0.2, 0.25) is 0 Å². The van der Waals surface area contributed by atoms with E-state index in [2.05, 4.69) is 17.2 Å². The van der Waals surface area contributed by atoms with E-state index in [0.29, 0.717) is 0 Å². The number of allylic oxidation sites excluding steroid dienone is 1. The van der Waals surface area contributed by atoms with Crippen LogP contribution >= 0.6 is 0 Å². The molecule has 0 aliphatic heterocycles. The normalized spacial score (nSPS) is 21.4. The maximum Gasteiger partial charge on any atom is 0.0596 e. The molecule has 1 unspecified atom stereocenters. The van der Waals surface area contributed by atoms with Crippen LogP contribution in [-0.4, -0.2) is 15.8 Å². The molecule has 3 nitrogen and oxygen atoms in total. The Morgan fingerprint density at radius 2 is 2.43 bits per heavy atom. The van der Waals surface area contributed by atoms with Crippen LogP contribution in [0.4, 0.5) is 0 Å². The average molecular weight is 191 g/mol. The second kappa shape index (κ2) is 3.58. The van der Waals surface area contributed by atoms with E-state index < -0.39 is 0 Å². The van der Waals surface area contributed by atoms with E-state index in [1.165, 1.54) is 11.3 Å². The van der Waals surface area contributed by atoms with Crippen LogP contribution in [0.1, 0.15) is 24.2 Å². The van der Waals surface area contributed by atoms with Gasteiger partial charge in [-0.25, -0.2) is 0 Å². The first kappa shape index (κ1) is 9.46. The largest absolute Gasteiger partial charge is 0.324 e. The number of nitrogens with zero attached hydrogens (tertiary/aromatic N) is 2. The molecule has 0 fully saturated rings. The lowest BCUT2D eigenvalue weighted by molar-refractivity contribution is 0.708. The Balaban J connectivity index is 2.11. The van der Waals surface area contributed by atoms with Crippen molar-refractivity contribution in [3.05, 3.63) is 29.1 Å². The summed E-state index contributed by atoms with van der Waals surface area (Å²) in [5.41, 5.74) is 9.65. The maximum atomic E-state index is 5.82. The predicted molar refractivity (Wildman–Crippen MR) is 56.9 cm³/mol. The van der Waals surface area contributed by atoms with Gasteiger partial charge in [-0.05, 0) is 25.8 Å². The van der Waals surface area contributed by atoms with E-state index in [4.69, 9.17) is 5.73 Å². The standard InChI is InChI=1S/C11H17N3/c1-8-5-11(14(2)13-8)7-9-3-4-10(12)6-9/h5-6,10H,3-4,7,12H2,1-2H3. The fraction of sp³-hybridized carbons (Fsp3) is 0.545. The second-order valence-corrected chi connectivity index (χ2v) is 4.10. The Kier molecular flexibility index (Phi) is 2.42. The summed E-state index contributed by atoms with van der Waals surface area (Å²) in [7, 11) is 2.00. The van der Waals surface area contributed by atoms with Gasteiger partial charge in [-0.3, -0.25) is 4.68 Å². The molecule has 1 atom stereocenters. The van der Waals surface area contributed by atoms with E-state index in [9.17, 15) is 0 Å². The van der Waals surface area contributed by atoms with Gasteiger partial charge in [0.25, 0.3) is 0 Å². The zero-order valence-corrected chi connectivity index (χ0v) is 8.83. The molecule has 2 rings (SSSR count). The molecule has 0 spiro atoms. The van der Waals surface area contributed by atoms with Gasteiger partial charge in [0.1, 0.15) is 0 Å². The van der Waals surface area contributed by atoms with Crippen LogP contribution in [-0.2, 0) is 13.5 Å². The third-order valence-electron chi connectivity index (χ3n) is 2.76. The summed E-state index contributed by atoms with van der Waals surface area (Å²) in [6, 6.07) is 2.42. The summed E-state index contributed by atoms with van der Waals surface area (Å²) in [5.74, 6) is 0. The number of hydrogen-bond donors (Lipinski definition) is 1. The van der Waals surface area contributed by atoms with E-state index in [1.807, 2.05) is 18.7 Å². The zero-order chi connectivity index (χ0) is 10.1. The molecule has 1 aliphatic carbocycles. The highest BCUT2D eigenvalue weighted by Crippen LogP contribution is 2.21. The molecular formula is C11H17N3. The van der Waals surface area contributed by atoms with Crippen molar-refractivity contribution in [2.45, 2.75) is 32.2 Å². The van der Waals surface area contributed by atoms with Crippen molar-refractivity contribution >= 4 is 0 Å². The molecule has 0 aromatic carbocycles. The third kappa shape index (κ3) is 1.87. The molecular weight excluding hydrogens is 174 g/mol. The summed E-state index contributed by atoms with van der Waals surface area (Å²) >= 11 is 0. The maximum absolute atomic E-state index is 5.82. The lowest BCUT2D eigenvalue weighted by atomic mass is 10.1. The number of nitrogens with two attached hydrogens (primary N) is 1. The first-order valence-corrected chi connectivity index (χ1v) is 5.10. The minimum atomic E-state index is 0.277. The lowest BCUT2D eigenvalue weighted by Crippen LogP contribution is -2.11. The number of aryl methyl sites for hydroxylation is 2. The topological polar surface area (TPSA) is 43.8 Å². The second-order valence-electron chi connectivity index (χ2n) is 4.10. The van der Waals surface area contributed by atoms with Crippen LogP contribution in [0, 0.1) is 6.92 Å². The Bertz CT molecular complexity index is 363. The van der Waals surface area contributed by atoms with E-state index in [0.717, 1.165) is 25.0 Å². The number of hydrogen-bond acceptors (Lipinski definition) is 2. The Morgan fingerprint density at radius 1 is 1.64 bits per heavy atom. The van der Waals surface area contributed by atoms with Crippen LogP contribution in [0.2, 0.25) is 0 Å². The smallest absolute Gasteiger partial charge is 0.0596 e. The molecule has 0 amide bonds. The molecule has 3 heteroatoms. The van der Waals surface area contributed by atoms with Gasteiger partial charge in [-0.2, -0.15) is 5.10 Å². The van der Waals surface area contributed by atoms with Gasteiger partial charge in [-0.15, -0.1) is 0 Å². The molecule has 0 saturated carbocycles. The van der Waals surface area contributed by atoms with Crippen LogP contribution in [0.5, 0.6) is 0 Å². The molecule has 0 bridgehead atoms. The van der Waals surface area contributed by atoms with Gasteiger partial charge in [0.15, 0.2) is 0 Å². The fourth-order valence-corrected chi connectivity index (χ4v) is 2.03. The van der Waals surface area contributed by atoms with Crippen molar-refractivity contribution in [3.8, 4) is 0 Å². The van der Waals surface area contributed by atoms with Crippen molar-refractivity contribution < 1.29 is 0 Å². The Labute approximate surface area is 84.6 Å². The Morgan fingerprint density at radius 3 is 2.93 bits per heavy atom. The monoisotopic (exact) mass is 191 g/mol. The van der Waals surface area contributed by atoms with E-state index in [1.54, 1.807) is 0 Å². The first-order valence-electron chi connectivity index (χ1n) is 5.10. The van der Waals surface area contributed by atoms with Gasteiger partial charge in [0.05, 0.1) is 5.69 Å². The molecule has 76 valence electrons. The first-order chi connectivity index (χ1) is 6.65. The van der Waals surface area contributed by atoms with Crippen molar-refractivity contribution in [3.63, 3.8) is 0 Å². The molecule has 1 aliphatic rings. The predicted octanol–water partition coefficient (Wildman–Crippen LogP) is 1.32. The summed E-state index contributed by atoms with van der Waals surface area (Å²) in [5, 5.41) is 4.33. The van der Waals surface area contributed by atoms with Crippen LogP contribution < -0.4 is 5.73 Å². The Hall–Kier alpha value is -1.09. The number of aromatic nitrogens is 2. The van der Waals surface area contributed by atoms with Crippen LogP contribution in [0.3, 0.4) is 0 Å². The lowest BCUT2D eigenvalue weighted by Gasteiger charge is -2.01. The van der Waals surface area contributed by atoms with Crippen molar-refractivity contribution in [1.29, 1.82) is 0 Å². The highest BCUT2D eigenvalue weighted by Gasteiger charge is 2.13. The van der Waals surface area contributed by atoms with Gasteiger partial charge >= 0.3 is 0 Å². The minimum Gasteiger partial charge on any atom is -0.324 e. The summed E-state index contributed by atoms with van der Waals surface area (Å²) < 4.78 is 1.96. The third-order valence-corrected chi connectivity index (χ3v) is 2.76. The quantitative estimate of drug-likeness (QED) is 0.716. The summed E-state index contributed by atoms with van der Waals surface area (Å²) in [6.07, 6.45) is 5.45. The highest BCUT2D eigenvalue weighted by atomic mass is 15.3. The molecule has 2 N–H and O–H groups in total. The molecule has 1 aromatic heterocycles. The molecule has 0 radical (unpaired) electrons. The van der Waals surface area contributed by atoms with Crippen molar-refractivity contribution in [1.82, 2.24) is 9.78 Å². The number of rotatable bonds is 2. The van der Waals surface area contributed by atoms with Crippen LogP contribution in [0.25, 0.3) is 0 Å². The van der Waals surface area contributed by atoms with Gasteiger partial charge in [-0.1, -0.05) is 11.6 Å².